The van der Waals surface area contributed by atoms with Crippen molar-refractivity contribution < 1.29 is 4.79 Å². The lowest BCUT2D eigenvalue weighted by Gasteiger charge is -2.41. The van der Waals surface area contributed by atoms with Gasteiger partial charge in [-0.15, -0.1) is 0 Å². The molecular weight excluding hydrogens is 286 g/mol. The van der Waals surface area contributed by atoms with Crippen LogP contribution in [0.5, 0.6) is 0 Å². The minimum atomic E-state index is -0.162. The lowest BCUT2D eigenvalue weighted by atomic mass is 9.75. The molecule has 0 atom stereocenters. The topological polar surface area (TPSA) is 47.3 Å². The Kier molecular flexibility index (Phi) is 3.68. The van der Waals surface area contributed by atoms with Crippen molar-refractivity contribution in [2.24, 2.45) is 0 Å². The minimum absolute atomic E-state index is 0.162. The summed E-state index contributed by atoms with van der Waals surface area (Å²) in [4.78, 5) is 16.6. The molecule has 2 aliphatic heterocycles. The Labute approximate surface area is 138 Å². The fourth-order valence-corrected chi connectivity index (χ4v) is 3.74. The molecule has 0 spiro atoms. The fraction of sp³-hybridized carbons (Fsp3) is 0.474. The molecule has 0 unspecified atom stereocenters. The van der Waals surface area contributed by atoms with Crippen molar-refractivity contribution in [1.29, 1.82) is 5.26 Å². The zero-order chi connectivity index (χ0) is 16.8. The number of allylic oxidation sites excluding steroid dienone is 1. The highest BCUT2D eigenvalue weighted by Crippen LogP contribution is 2.46. The summed E-state index contributed by atoms with van der Waals surface area (Å²) < 4.78 is 0. The van der Waals surface area contributed by atoms with E-state index in [0.29, 0.717) is 13.0 Å². The second-order valence-corrected chi connectivity index (χ2v) is 7.06. The Balaban J connectivity index is 2.27. The predicted octanol–water partition coefficient (Wildman–Crippen LogP) is 3.47. The first-order valence-electron chi connectivity index (χ1n) is 8.18. The van der Waals surface area contributed by atoms with E-state index in [2.05, 4.69) is 44.0 Å². The molecule has 0 aromatic heterocycles. The number of hydrogen-bond acceptors (Lipinski definition) is 3. The van der Waals surface area contributed by atoms with Crippen LogP contribution in [0.3, 0.4) is 0 Å². The van der Waals surface area contributed by atoms with Gasteiger partial charge in [-0.2, -0.15) is 5.26 Å². The summed E-state index contributed by atoms with van der Waals surface area (Å²) in [5.74, 6) is 0.180. The van der Waals surface area contributed by atoms with Crippen LogP contribution in [-0.2, 0) is 10.2 Å². The van der Waals surface area contributed by atoms with E-state index in [0.717, 1.165) is 35.5 Å². The number of carbonyl (C=O) groups excluding carboxylic acids is 1. The summed E-state index contributed by atoms with van der Waals surface area (Å²) in [6, 6.07) is 6.51. The zero-order valence-electron chi connectivity index (χ0n) is 14.3. The molecule has 0 N–H and O–H groups in total. The van der Waals surface area contributed by atoms with E-state index in [9.17, 15) is 4.79 Å². The molecule has 23 heavy (non-hydrogen) atoms. The summed E-state index contributed by atoms with van der Waals surface area (Å²) in [6.07, 6.45) is 3.04. The third kappa shape index (κ3) is 2.41. The fourth-order valence-electron chi connectivity index (χ4n) is 3.74. The quantitative estimate of drug-likeness (QED) is 0.746. The average molecular weight is 309 g/mol. The first-order chi connectivity index (χ1) is 10.9. The van der Waals surface area contributed by atoms with Gasteiger partial charge in [0.25, 0.3) is 0 Å². The minimum Gasteiger partial charge on any atom is -0.374 e. The molecule has 3 rings (SSSR count). The maximum Gasteiger partial charge on any atom is 0.227 e. The summed E-state index contributed by atoms with van der Waals surface area (Å²) in [6.45, 7) is 7.87. The lowest BCUT2D eigenvalue weighted by molar-refractivity contribution is -0.120. The van der Waals surface area contributed by atoms with Crippen molar-refractivity contribution in [3.63, 3.8) is 0 Å². The van der Waals surface area contributed by atoms with E-state index >= 15 is 0 Å². The van der Waals surface area contributed by atoms with E-state index in [-0.39, 0.29) is 11.3 Å². The summed E-state index contributed by atoms with van der Waals surface area (Å²) in [7, 11) is 2.09. The normalized spacial score (nSPS) is 21.0. The molecule has 0 saturated carbocycles. The molecule has 1 amide bonds. The zero-order valence-corrected chi connectivity index (χ0v) is 14.3. The second kappa shape index (κ2) is 5.42. The van der Waals surface area contributed by atoms with Gasteiger partial charge < -0.3 is 9.80 Å². The number of carbonyl (C=O) groups is 1. The number of anilines is 2. The molecule has 4 nitrogen and oxygen atoms in total. The van der Waals surface area contributed by atoms with Crippen LogP contribution in [0.4, 0.5) is 11.4 Å². The Morgan fingerprint density at radius 1 is 1.35 bits per heavy atom. The van der Waals surface area contributed by atoms with Crippen LogP contribution in [0.15, 0.2) is 18.2 Å². The highest BCUT2D eigenvalue weighted by atomic mass is 16.2. The van der Waals surface area contributed by atoms with Crippen molar-refractivity contribution in [1.82, 2.24) is 0 Å². The van der Waals surface area contributed by atoms with Crippen LogP contribution in [0.2, 0.25) is 0 Å². The molecule has 4 heteroatoms. The summed E-state index contributed by atoms with van der Waals surface area (Å²) in [5, 5.41) is 9.07. The van der Waals surface area contributed by atoms with Crippen molar-refractivity contribution in [3.05, 3.63) is 29.3 Å². The van der Waals surface area contributed by atoms with Crippen LogP contribution in [0, 0.1) is 11.3 Å². The number of nitriles is 1. The summed E-state index contributed by atoms with van der Waals surface area (Å²) >= 11 is 0. The highest BCUT2D eigenvalue weighted by Gasteiger charge is 2.37. The van der Waals surface area contributed by atoms with Crippen molar-refractivity contribution in [2.45, 2.75) is 39.0 Å². The maximum atomic E-state index is 12.5. The third-order valence-electron chi connectivity index (χ3n) is 5.06. The Morgan fingerprint density at radius 2 is 2.09 bits per heavy atom. The second-order valence-electron chi connectivity index (χ2n) is 7.06. The number of rotatable bonds is 1. The van der Waals surface area contributed by atoms with E-state index in [4.69, 9.17) is 5.26 Å². The smallest absolute Gasteiger partial charge is 0.227 e. The number of amides is 1. The first-order valence-corrected chi connectivity index (χ1v) is 8.18. The van der Waals surface area contributed by atoms with Gasteiger partial charge in [-0.3, -0.25) is 4.79 Å². The van der Waals surface area contributed by atoms with E-state index in [1.54, 1.807) is 6.08 Å². The number of hydrogen-bond donors (Lipinski definition) is 0. The highest BCUT2D eigenvalue weighted by molar-refractivity contribution is 5.99. The molecule has 0 fully saturated rings. The van der Waals surface area contributed by atoms with E-state index < -0.39 is 0 Å². The van der Waals surface area contributed by atoms with Crippen LogP contribution in [0.25, 0.3) is 5.57 Å². The van der Waals surface area contributed by atoms with Crippen molar-refractivity contribution in [3.8, 4) is 6.07 Å². The lowest BCUT2D eigenvalue weighted by Crippen LogP contribution is -2.42. The average Bonchev–Trinajstić information content (AvgIpc) is 2.49. The van der Waals surface area contributed by atoms with Crippen LogP contribution in [0.1, 0.15) is 44.7 Å². The molecule has 1 aromatic rings. The summed E-state index contributed by atoms with van der Waals surface area (Å²) in [5.41, 5.74) is 5.38. The van der Waals surface area contributed by atoms with Crippen LogP contribution in [-0.4, -0.2) is 26.0 Å². The van der Waals surface area contributed by atoms with Crippen molar-refractivity contribution in [2.75, 3.05) is 29.9 Å². The molecule has 0 radical (unpaired) electrons. The van der Waals surface area contributed by atoms with Gasteiger partial charge in [0.15, 0.2) is 0 Å². The van der Waals surface area contributed by atoms with Gasteiger partial charge >= 0.3 is 0 Å². The molecule has 0 bridgehead atoms. The van der Waals surface area contributed by atoms with Gasteiger partial charge in [0, 0.05) is 55.0 Å². The molecular formula is C19H23N3O. The molecule has 0 saturated heterocycles. The largest absolute Gasteiger partial charge is 0.374 e. The number of fused-ring (bicyclic) bond motifs is 2. The van der Waals surface area contributed by atoms with Gasteiger partial charge in [0.1, 0.15) is 0 Å². The molecule has 2 aliphatic rings. The van der Waals surface area contributed by atoms with E-state index in [1.165, 1.54) is 5.56 Å². The van der Waals surface area contributed by atoms with Crippen molar-refractivity contribution >= 4 is 22.9 Å². The molecule has 2 heterocycles. The van der Waals surface area contributed by atoms with Gasteiger partial charge in [-0.1, -0.05) is 13.8 Å². The van der Waals surface area contributed by atoms with Gasteiger partial charge in [0.2, 0.25) is 5.91 Å². The third-order valence-corrected chi connectivity index (χ3v) is 5.06. The molecule has 120 valence electrons. The predicted molar refractivity (Wildman–Crippen MR) is 93.6 cm³/mol. The van der Waals surface area contributed by atoms with Gasteiger partial charge in [0.05, 0.1) is 6.07 Å². The Morgan fingerprint density at radius 3 is 2.74 bits per heavy atom. The first kappa shape index (κ1) is 15.6. The molecule has 0 aliphatic carbocycles. The molecule has 1 aromatic carbocycles. The maximum absolute atomic E-state index is 12.5. The number of benzene rings is 1. The Bertz CT molecular complexity index is 740. The van der Waals surface area contributed by atoms with E-state index in [1.807, 2.05) is 11.8 Å². The van der Waals surface area contributed by atoms with Gasteiger partial charge in [-0.05, 0) is 36.6 Å². The SMILES string of the molecule is CCN1C(=O)CC(C)(C)c2cc3c(cc21)C(=CC#N)CCN3C. The Hall–Kier alpha value is -2.28. The van der Waals surface area contributed by atoms with Crippen LogP contribution >= 0.6 is 0 Å². The monoisotopic (exact) mass is 309 g/mol. The van der Waals surface area contributed by atoms with Crippen LogP contribution < -0.4 is 9.80 Å². The number of nitrogens with zero attached hydrogens (tertiary/aromatic N) is 3. The van der Waals surface area contributed by atoms with Gasteiger partial charge in [-0.25, -0.2) is 0 Å². The standard InChI is InChI=1S/C19H23N3O/c1-5-22-17-10-14-13(6-8-20)7-9-21(4)16(14)11-15(17)19(2,3)12-18(22)23/h6,10-11H,5,7,9,12H2,1-4H3.